The average Bonchev–Trinajstić information content (AvgIpc) is 3.15. The molecule has 0 bridgehead atoms. The van der Waals surface area contributed by atoms with Gasteiger partial charge in [-0.2, -0.15) is 0 Å². The van der Waals surface area contributed by atoms with Crippen molar-refractivity contribution in [1.82, 2.24) is 14.8 Å². The number of carbonyl (C=O) groups excluding carboxylic acids is 2. The van der Waals surface area contributed by atoms with Gasteiger partial charge in [0.15, 0.2) is 6.04 Å². The molecule has 0 aromatic heterocycles. The second-order valence-corrected chi connectivity index (χ2v) is 8.71. The van der Waals surface area contributed by atoms with E-state index in [0.717, 1.165) is 10.6 Å². The van der Waals surface area contributed by atoms with Crippen LogP contribution in [0.4, 0.5) is 0 Å². The monoisotopic (exact) mass is 442 g/mol. The van der Waals surface area contributed by atoms with Crippen molar-refractivity contribution < 1.29 is 9.59 Å². The molecule has 2 aromatic carbocycles. The first-order valence-corrected chi connectivity index (χ1v) is 11.1. The number of carbonyl (C=O) groups is 2. The molecule has 2 N–H and O–H groups in total. The number of benzene rings is 2. The molecular weight excluding hydrogens is 412 g/mol. The van der Waals surface area contributed by atoms with Gasteiger partial charge in [0.25, 0.3) is 11.8 Å². The maximum absolute atomic E-state index is 13.6. The van der Waals surface area contributed by atoms with Crippen molar-refractivity contribution in [3.05, 3.63) is 107 Å². The molecule has 2 aromatic rings. The van der Waals surface area contributed by atoms with Gasteiger partial charge < -0.3 is 9.80 Å². The molecule has 33 heavy (non-hydrogen) atoms. The van der Waals surface area contributed by atoms with Crippen molar-refractivity contribution in [1.29, 1.82) is 0 Å². The summed E-state index contributed by atoms with van der Waals surface area (Å²) in [6.45, 7) is 2.47. The molecule has 6 heteroatoms. The Labute approximate surface area is 195 Å². The molecule has 2 aliphatic rings. The van der Waals surface area contributed by atoms with Gasteiger partial charge in [-0.15, -0.1) is 0 Å². The van der Waals surface area contributed by atoms with Crippen LogP contribution >= 0.6 is 0 Å². The number of likely N-dealkylation sites (N-methyl/N-ethyl adjacent to an activating group) is 2. The van der Waals surface area contributed by atoms with Gasteiger partial charge in [-0.3, -0.25) is 14.6 Å². The molecule has 0 saturated carbocycles. The molecule has 1 aliphatic heterocycles. The summed E-state index contributed by atoms with van der Waals surface area (Å²) in [4.78, 5) is 30.7. The minimum atomic E-state index is -0.933. The highest BCUT2D eigenvalue weighted by molar-refractivity contribution is 5.97. The van der Waals surface area contributed by atoms with Crippen molar-refractivity contribution >= 4 is 11.8 Å². The third-order valence-electron chi connectivity index (χ3n) is 6.30. The van der Waals surface area contributed by atoms with Crippen molar-refractivity contribution in [2.24, 2.45) is 11.8 Å². The summed E-state index contributed by atoms with van der Waals surface area (Å²) in [6, 6.07) is 18.1. The number of hydrazine groups is 1. The first-order valence-electron chi connectivity index (χ1n) is 11.1. The highest BCUT2D eigenvalue weighted by Gasteiger charge is 2.39. The number of rotatable bonds is 6. The van der Waals surface area contributed by atoms with E-state index < -0.39 is 6.04 Å². The van der Waals surface area contributed by atoms with Gasteiger partial charge in [0, 0.05) is 26.6 Å². The van der Waals surface area contributed by atoms with Gasteiger partial charge in [0.2, 0.25) is 0 Å². The van der Waals surface area contributed by atoms with E-state index >= 15 is 0 Å². The molecule has 0 radical (unpaired) electrons. The van der Waals surface area contributed by atoms with Crippen molar-refractivity contribution in [3.63, 3.8) is 0 Å². The summed E-state index contributed by atoms with van der Waals surface area (Å²) in [5.74, 6) is 5.92. The highest BCUT2D eigenvalue weighted by Crippen LogP contribution is 2.33. The topological polar surface area (TPSA) is 69.9 Å². The maximum atomic E-state index is 13.6. The number of amides is 2. The SMILES string of the molecule is CC1=CC2C=C(C(=O)N(N)C(C(=O)N(C)Cc3ccccc3)c3ccccc3)N(C)C2C=C1. The van der Waals surface area contributed by atoms with Crippen LogP contribution in [0.3, 0.4) is 0 Å². The van der Waals surface area contributed by atoms with E-state index in [1.165, 1.54) is 5.57 Å². The molecule has 170 valence electrons. The molecule has 0 saturated heterocycles. The molecule has 1 aliphatic carbocycles. The fourth-order valence-electron chi connectivity index (χ4n) is 4.50. The van der Waals surface area contributed by atoms with Crippen LogP contribution in [0.1, 0.15) is 24.1 Å². The zero-order chi connectivity index (χ0) is 23.5. The number of nitrogens with zero attached hydrogens (tertiary/aromatic N) is 3. The molecule has 0 spiro atoms. The normalized spacial score (nSPS) is 19.9. The Hall–Kier alpha value is -3.64. The van der Waals surface area contributed by atoms with Crippen molar-refractivity contribution in [2.45, 2.75) is 25.6 Å². The Kier molecular flexibility index (Phi) is 6.47. The van der Waals surface area contributed by atoms with Crippen LogP contribution in [0.25, 0.3) is 0 Å². The summed E-state index contributed by atoms with van der Waals surface area (Å²) in [5, 5.41) is 1.08. The van der Waals surface area contributed by atoms with E-state index in [4.69, 9.17) is 5.84 Å². The van der Waals surface area contributed by atoms with Crippen LogP contribution in [0.15, 0.2) is 96.2 Å². The van der Waals surface area contributed by atoms with E-state index in [1.807, 2.05) is 85.6 Å². The van der Waals surface area contributed by atoms with E-state index in [-0.39, 0.29) is 23.8 Å². The molecule has 2 amide bonds. The lowest BCUT2D eigenvalue weighted by Gasteiger charge is -2.33. The first kappa shape index (κ1) is 22.6. The molecule has 0 fully saturated rings. The average molecular weight is 443 g/mol. The minimum Gasteiger partial charge on any atom is -0.363 e. The lowest BCUT2D eigenvalue weighted by Crippen LogP contribution is -2.49. The predicted octanol–water partition coefficient (Wildman–Crippen LogP) is 3.42. The Morgan fingerprint density at radius 1 is 1.03 bits per heavy atom. The van der Waals surface area contributed by atoms with E-state index in [9.17, 15) is 9.59 Å². The van der Waals surface area contributed by atoms with E-state index in [0.29, 0.717) is 17.8 Å². The second-order valence-electron chi connectivity index (χ2n) is 8.71. The van der Waals surface area contributed by atoms with Crippen molar-refractivity contribution in [2.75, 3.05) is 14.1 Å². The summed E-state index contributed by atoms with van der Waals surface area (Å²) in [5.41, 5.74) is 3.35. The highest BCUT2D eigenvalue weighted by atomic mass is 16.2. The first-order chi connectivity index (χ1) is 15.9. The van der Waals surface area contributed by atoms with Crippen LogP contribution in [0.5, 0.6) is 0 Å². The van der Waals surface area contributed by atoms with Gasteiger partial charge in [-0.1, -0.05) is 84.5 Å². The Bertz CT molecular complexity index is 1110. The van der Waals surface area contributed by atoms with Crippen LogP contribution in [-0.2, 0) is 16.1 Å². The molecule has 4 rings (SSSR count). The second kappa shape index (κ2) is 9.46. The molecule has 3 atom stereocenters. The van der Waals surface area contributed by atoms with Gasteiger partial charge in [-0.25, -0.2) is 5.84 Å². The zero-order valence-electron chi connectivity index (χ0n) is 19.3. The van der Waals surface area contributed by atoms with E-state index in [2.05, 4.69) is 18.2 Å². The zero-order valence-corrected chi connectivity index (χ0v) is 19.3. The lowest BCUT2D eigenvalue weighted by molar-refractivity contribution is -0.144. The number of hydrogen-bond donors (Lipinski definition) is 1. The van der Waals surface area contributed by atoms with Crippen LogP contribution in [0, 0.1) is 5.92 Å². The van der Waals surface area contributed by atoms with E-state index in [1.54, 1.807) is 11.9 Å². The number of allylic oxidation sites excluding steroid dienone is 2. The number of hydrogen-bond acceptors (Lipinski definition) is 4. The Morgan fingerprint density at radius 3 is 2.33 bits per heavy atom. The third-order valence-corrected chi connectivity index (χ3v) is 6.30. The third kappa shape index (κ3) is 4.61. The molecule has 6 nitrogen and oxygen atoms in total. The van der Waals surface area contributed by atoms with Gasteiger partial charge in [0.1, 0.15) is 5.70 Å². The van der Waals surface area contributed by atoms with Gasteiger partial charge in [-0.05, 0) is 24.1 Å². The molecule has 1 heterocycles. The Morgan fingerprint density at radius 2 is 1.67 bits per heavy atom. The number of fused-ring (bicyclic) bond motifs is 1. The smallest absolute Gasteiger partial charge is 0.284 e. The summed E-state index contributed by atoms with van der Waals surface area (Å²) in [7, 11) is 3.62. The minimum absolute atomic E-state index is 0.0766. The van der Waals surface area contributed by atoms with Gasteiger partial charge in [0.05, 0.1) is 6.04 Å². The lowest BCUT2D eigenvalue weighted by atomic mass is 9.94. The number of nitrogens with two attached hydrogens (primary N) is 1. The fourth-order valence-corrected chi connectivity index (χ4v) is 4.50. The molecule has 3 unspecified atom stereocenters. The predicted molar refractivity (Wildman–Crippen MR) is 129 cm³/mol. The largest absolute Gasteiger partial charge is 0.363 e. The van der Waals surface area contributed by atoms with Crippen LogP contribution < -0.4 is 5.84 Å². The Balaban J connectivity index is 1.61. The molecular formula is C27H30N4O2. The summed E-state index contributed by atoms with van der Waals surface area (Å²) in [6.07, 6.45) is 8.26. The van der Waals surface area contributed by atoms with Crippen LogP contribution in [-0.4, -0.2) is 46.8 Å². The van der Waals surface area contributed by atoms with Gasteiger partial charge >= 0.3 is 0 Å². The van der Waals surface area contributed by atoms with Crippen molar-refractivity contribution in [3.8, 4) is 0 Å². The maximum Gasteiger partial charge on any atom is 0.284 e. The standard InChI is InChI=1S/C27H30N4O2/c1-19-14-15-23-22(16-19)17-24(30(23)3)26(32)31(28)25(21-12-8-5-9-13-21)27(33)29(2)18-20-10-6-4-7-11-20/h4-17,22-23,25H,18,28H2,1-3H3. The van der Waals surface area contributed by atoms with Crippen LogP contribution in [0.2, 0.25) is 0 Å². The fraction of sp³-hybridized carbons (Fsp3) is 0.259. The quantitative estimate of drug-likeness (QED) is 0.423. The summed E-state index contributed by atoms with van der Waals surface area (Å²) < 4.78 is 0. The summed E-state index contributed by atoms with van der Waals surface area (Å²) >= 11 is 0.